The monoisotopic (exact) mass is 246 g/mol. The Morgan fingerprint density at radius 3 is 2.78 bits per heavy atom. The second-order valence-electron chi connectivity index (χ2n) is 5.00. The van der Waals surface area contributed by atoms with Crippen LogP contribution in [0.3, 0.4) is 0 Å². The van der Waals surface area contributed by atoms with Crippen molar-refractivity contribution >= 4 is 6.09 Å². The molecule has 0 heterocycles. The number of carbonyl (C=O) groups excluding carboxylic acids is 1. The first-order valence-electron chi connectivity index (χ1n) is 5.86. The van der Waals surface area contributed by atoms with Gasteiger partial charge in [-0.3, -0.25) is 0 Å². The highest BCUT2D eigenvalue weighted by atomic mass is 16.6. The van der Waals surface area contributed by atoms with Crippen LogP contribution in [0.15, 0.2) is 24.3 Å². The van der Waals surface area contributed by atoms with E-state index in [4.69, 9.17) is 10.00 Å². The molecule has 4 nitrogen and oxygen atoms in total. The minimum atomic E-state index is -0.531. The van der Waals surface area contributed by atoms with Gasteiger partial charge >= 0.3 is 6.09 Å². The van der Waals surface area contributed by atoms with Crippen molar-refractivity contribution in [2.75, 3.05) is 6.54 Å². The molecule has 18 heavy (non-hydrogen) atoms. The zero-order valence-electron chi connectivity index (χ0n) is 11.0. The summed E-state index contributed by atoms with van der Waals surface area (Å²) in [5.41, 5.74) is 1.11. The number of carbonyl (C=O) groups is 1. The van der Waals surface area contributed by atoms with Gasteiger partial charge < -0.3 is 10.1 Å². The zero-order valence-corrected chi connectivity index (χ0v) is 11.0. The SMILES string of the molecule is CC(C)(C)c1cccc(OC(=O)NCCC#N)c1. The number of nitrogens with zero attached hydrogens (tertiary/aromatic N) is 1. The van der Waals surface area contributed by atoms with E-state index < -0.39 is 6.09 Å². The van der Waals surface area contributed by atoms with Gasteiger partial charge in [-0.25, -0.2) is 4.79 Å². The Morgan fingerprint density at radius 1 is 1.44 bits per heavy atom. The molecule has 1 aromatic carbocycles. The van der Waals surface area contributed by atoms with Gasteiger partial charge in [-0.15, -0.1) is 0 Å². The van der Waals surface area contributed by atoms with Gasteiger partial charge in [0.15, 0.2) is 0 Å². The highest BCUT2D eigenvalue weighted by molar-refractivity contribution is 5.70. The lowest BCUT2D eigenvalue weighted by Gasteiger charge is -2.19. The molecule has 0 spiro atoms. The summed E-state index contributed by atoms with van der Waals surface area (Å²) in [6.07, 6.45) is -0.256. The van der Waals surface area contributed by atoms with Crippen LogP contribution in [0, 0.1) is 11.3 Å². The summed E-state index contributed by atoms with van der Waals surface area (Å²) in [5.74, 6) is 0.511. The highest BCUT2D eigenvalue weighted by Crippen LogP contribution is 2.25. The van der Waals surface area contributed by atoms with Crippen molar-refractivity contribution in [3.8, 4) is 11.8 Å². The number of hydrogen-bond donors (Lipinski definition) is 1. The van der Waals surface area contributed by atoms with Crippen molar-refractivity contribution < 1.29 is 9.53 Å². The van der Waals surface area contributed by atoms with Crippen molar-refractivity contribution in [2.24, 2.45) is 0 Å². The molecule has 1 N–H and O–H groups in total. The molecule has 96 valence electrons. The van der Waals surface area contributed by atoms with E-state index in [1.165, 1.54) is 0 Å². The maximum atomic E-state index is 11.4. The predicted octanol–water partition coefficient (Wildman–Crippen LogP) is 2.99. The fourth-order valence-corrected chi connectivity index (χ4v) is 1.39. The molecule has 0 bridgehead atoms. The largest absolute Gasteiger partial charge is 0.412 e. The van der Waals surface area contributed by atoms with E-state index in [1.54, 1.807) is 6.07 Å². The second kappa shape index (κ2) is 6.06. The van der Waals surface area contributed by atoms with Gasteiger partial charge in [-0.2, -0.15) is 5.26 Å². The molecular weight excluding hydrogens is 228 g/mol. The minimum absolute atomic E-state index is 0.0106. The summed E-state index contributed by atoms with van der Waals surface area (Å²) in [5, 5.41) is 10.9. The first-order chi connectivity index (χ1) is 8.43. The Hall–Kier alpha value is -2.02. The summed E-state index contributed by atoms with van der Waals surface area (Å²) < 4.78 is 5.14. The van der Waals surface area contributed by atoms with Gasteiger partial charge in [0.05, 0.1) is 12.5 Å². The Kier molecular flexibility index (Phi) is 4.73. The number of ether oxygens (including phenoxy) is 1. The van der Waals surface area contributed by atoms with E-state index in [0.717, 1.165) is 5.56 Å². The molecule has 0 atom stereocenters. The van der Waals surface area contributed by atoms with E-state index >= 15 is 0 Å². The fourth-order valence-electron chi connectivity index (χ4n) is 1.39. The molecule has 0 fully saturated rings. The third-order valence-electron chi connectivity index (χ3n) is 2.42. The van der Waals surface area contributed by atoms with Crippen molar-refractivity contribution in [3.05, 3.63) is 29.8 Å². The van der Waals surface area contributed by atoms with Gasteiger partial charge in [0.2, 0.25) is 0 Å². The number of amides is 1. The quantitative estimate of drug-likeness (QED) is 0.834. The number of hydrogen-bond acceptors (Lipinski definition) is 3. The average molecular weight is 246 g/mol. The Labute approximate surface area is 108 Å². The normalized spacial score (nSPS) is 10.6. The molecule has 1 amide bonds. The third-order valence-corrected chi connectivity index (χ3v) is 2.42. The van der Waals surface area contributed by atoms with Gasteiger partial charge in [0.1, 0.15) is 5.75 Å². The summed E-state index contributed by atoms with van der Waals surface area (Å²) in [7, 11) is 0. The van der Waals surface area contributed by atoms with Gasteiger partial charge in [0, 0.05) is 6.54 Å². The first-order valence-corrected chi connectivity index (χ1v) is 5.86. The molecule has 1 aromatic rings. The molecule has 0 aliphatic rings. The van der Waals surface area contributed by atoms with Crippen molar-refractivity contribution in [2.45, 2.75) is 32.6 Å². The van der Waals surface area contributed by atoms with Crippen LogP contribution in [-0.2, 0) is 5.41 Å². The minimum Gasteiger partial charge on any atom is -0.410 e. The van der Waals surface area contributed by atoms with Crippen molar-refractivity contribution in [1.82, 2.24) is 5.32 Å². The lowest BCUT2D eigenvalue weighted by Crippen LogP contribution is -2.27. The first kappa shape index (κ1) is 14.0. The standard InChI is InChI=1S/C14H18N2O2/c1-14(2,3)11-6-4-7-12(10-11)18-13(17)16-9-5-8-15/h4,6-7,10H,5,9H2,1-3H3,(H,16,17). The molecule has 0 unspecified atom stereocenters. The molecule has 0 radical (unpaired) electrons. The zero-order chi connectivity index (χ0) is 13.6. The molecule has 1 rings (SSSR count). The molecule has 0 aliphatic heterocycles. The number of rotatable bonds is 3. The lowest BCUT2D eigenvalue weighted by atomic mass is 9.87. The van der Waals surface area contributed by atoms with Crippen LogP contribution in [0.1, 0.15) is 32.8 Å². The van der Waals surface area contributed by atoms with Crippen LogP contribution in [0.25, 0.3) is 0 Å². The summed E-state index contributed by atoms with van der Waals surface area (Å²) in [6.45, 7) is 6.59. The number of nitriles is 1. The van der Waals surface area contributed by atoms with E-state index in [9.17, 15) is 4.79 Å². The maximum absolute atomic E-state index is 11.4. The second-order valence-corrected chi connectivity index (χ2v) is 5.00. The van der Waals surface area contributed by atoms with Crippen LogP contribution in [0.4, 0.5) is 4.79 Å². The third kappa shape index (κ3) is 4.46. The molecule has 0 aliphatic carbocycles. The van der Waals surface area contributed by atoms with Crippen molar-refractivity contribution in [3.63, 3.8) is 0 Å². The predicted molar refractivity (Wildman–Crippen MR) is 69.4 cm³/mol. The van der Waals surface area contributed by atoms with E-state index in [2.05, 4.69) is 26.1 Å². The number of nitrogens with one attached hydrogen (secondary N) is 1. The topological polar surface area (TPSA) is 62.1 Å². The van der Waals surface area contributed by atoms with Crippen molar-refractivity contribution in [1.29, 1.82) is 5.26 Å². The van der Waals surface area contributed by atoms with E-state index in [0.29, 0.717) is 12.3 Å². The van der Waals surface area contributed by atoms with Gasteiger partial charge in [-0.1, -0.05) is 32.9 Å². The molecule has 0 aromatic heterocycles. The molecular formula is C14H18N2O2. The highest BCUT2D eigenvalue weighted by Gasteiger charge is 2.14. The van der Waals surface area contributed by atoms with Gasteiger partial charge in [0.25, 0.3) is 0 Å². The van der Waals surface area contributed by atoms with Gasteiger partial charge in [-0.05, 0) is 23.1 Å². The molecule has 0 saturated carbocycles. The Balaban J connectivity index is 2.63. The number of benzene rings is 1. The van der Waals surface area contributed by atoms with Crippen LogP contribution >= 0.6 is 0 Å². The molecule has 0 saturated heterocycles. The Morgan fingerprint density at radius 2 is 2.17 bits per heavy atom. The smallest absolute Gasteiger partial charge is 0.410 e. The maximum Gasteiger partial charge on any atom is 0.412 e. The fraction of sp³-hybridized carbons (Fsp3) is 0.429. The Bertz CT molecular complexity index is 456. The summed E-state index contributed by atoms with van der Waals surface area (Å²) in [4.78, 5) is 11.4. The van der Waals surface area contributed by atoms with Crippen LogP contribution in [0.2, 0.25) is 0 Å². The summed E-state index contributed by atoms with van der Waals surface area (Å²) in [6, 6.07) is 9.39. The van der Waals surface area contributed by atoms with Crippen LogP contribution in [0.5, 0.6) is 5.75 Å². The van der Waals surface area contributed by atoms with E-state index in [1.807, 2.05) is 24.3 Å². The molecule has 4 heteroatoms. The van der Waals surface area contributed by atoms with E-state index in [-0.39, 0.29) is 11.8 Å². The van der Waals surface area contributed by atoms with Crippen LogP contribution in [-0.4, -0.2) is 12.6 Å². The van der Waals surface area contributed by atoms with Crippen LogP contribution < -0.4 is 10.1 Å². The lowest BCUT2D eigenvalue weighted by molar-refractivity contribution is 0.200. The average Bonchev–Trinajstić information content (AvgIpc) is 2.28. The summed E-state index contributed by atoms with van der Waals surface area (Å²) >= 11 is 0.